The summed E-state index contributed by atoms with van der Waals surface area (Å²) in [6.45, 7) is 24.7. The highest BCUT2D eigenvalue weighted by Crippen LogP contribution is 2.20. The maximum atomic E-state index is 12.3. The van der Waals surface area contributed by atoms with Gasteiger partial charge in [-0.05, 0) is 67.0 Å². The molecule has 3 nitrogen and oxygen atoms in total. The topological polar surface area (TPSA) is 38.3 Å². The van der Waals surface area contributed by atoms with Gasteiger partial charge in [-0.1, -0.05) is 93.8 Å². The van der Waals surface area contributed by atoms with Crippen LogP contribution in [0.3, 0.4) is 0 Å². The summed E-state index contributed by atoms with van der Waals surface area (Å²) in [5.74, 6) is 0.517. The van der Waals surface area contributed by atoms with Crippen molar-refractivity contribution >= 4 is 6.09 Å². The second kappa shape index (κ2) is 13.2. The molecule has 0 unspecified atom stereocenters. The van der Waals surface area contributed by atoms with Crippen LogP contribution in [0, 0.1) is 5.92 Å². The molecule has 0 aliphatic heterocycles. The summed E-state index contributed by atoms with van der Waals surface area (Å²) in [7, 11) is 0. The van der Waals surface area contributed by atoms with Crippen molar-refractivity contribution in [3.8, 4) is 0 Å². The lowest BCUT2D eigenvalue weighted by atomic mass is 10.0. The summed E-state index contributed by atoms with van der Waals surface area (Å²) >= 11 is 0. The Bertz CT molecular complexity index is 970. The third-order valence-corrected chi connectivity index (χ3v) is 5.22. The largest absolute Gasteiger partial charge is 0.444 e. The maximum absolute atomic E-state index is 12.3. The first-order valence-corrected chi connectivity index (χ1v) is 10.8. The molecule has 32 heavy (non-hydrogen) atoms. The number of hydrogen-bond acceptors (Lipinski definition) is 2. The van der Waals surface area contributed by atoms with Crippen molar-refractivity contribution in [1.82, 2.24) is 5.32 Å². The number of ether oxygens (including phenoxy) is 1. The Labute approximate surface area is 194 Å². The Kier molecular flexibility index (Phi) is 11.0. The molecule has 3 heteroatoms. The summed E-state index contributed by atoms with van der Waals surface area (Å²) in [5.41, 5.74) is 7.12. The van der Waals surface area contributed by atoms with Gasteiger partial charge in [0, 0.05) is 5.70 Å². The highest BCUT2D eigenvalue weighted by atomic mass is 16.5. The molecule has 170 valence electrons. The number of hydrogen-bond donors (Lipinski definition) is 1. The highest BCUT2D eigenvalue weighted by Gasteiger charge is 2.11. The van der Waals surface area contributed by atoms with Crippen LogP contribution in [-0.4, -0.2) is 6.09 Å². The van der Waals surface area contributed by atoms with E-state index in [2.05, 4.69) is 58.0 Å². The number of benzene rings is 1. The van der Waals surface area contributed by atoms with Gasteiger partial charge in [-0.2, -0.15) is 0 Å². The minimum atomic E-state index is -0.529. The number of rotatable bonds is 10. The summed E-state index contributed by atoms with van der Waals surface area (Å²) in [6, 6.07) is 9.54. The van der Waals surface area contributed by atoms with E-state index in [1.54, 1.807) is 0 Å². The molecule has 1 rings (SSSR count). The van der Waals surface area contributed by atoms with Crippen LogP contribution in [0.2, 0.25) is 0 Å². The second-order valence-corrected chi connectivity index (χ2v) is 8.27. The van der Waals surface area contributed by atoms with Gasteiger partial charge in [-0.15, -0.1) is 0 Å². The van der Waals surface area contributed by atoms with Crippen LogP contribution in [0.5, 0.6) is 0 Å². The van der Waals surface area contributed by atoms with Gasteiger partial charge < -0.3 is 4.74 Å². The zero-order valence-corrected chi connectivity index (χ0v) is 20.4. The van der Waals surface area contributed by atoms with Crippen LogP contribution in [-0.2, 0) is 11.3 Å². The van der Waals surface area contributed by atoms with E-state index in [-0.39, 0.29) is 6.61 Å². The van der Waals surface area contributed by atoms with Crippen LogP contribution >= 0.6 is 0 Å². The van der Waals surface area contributed by atoms with Crippen molar-refractivity contribution in [3.05, 3.63) is 119 Å². The van der Waals surface area contributed by atoms with Gasteiger partial charge in [-0.3, -0.25) is 5.32 Å². The van der Waals surface area contributed by atoms with Gasteiger partial charge in [-0.25, -0.2) is 4.79 Å². The molecule has 0 saturated carbocycles. The van der Waals surface area contributed by atoms with Crippen LogP contribution in [0.4, 0.5) is 4.79 Å². The van der Waals surface area contributed by atoms with Crippen molar-refractivity contribution in [2.45, 2.75) is 48.1 Å². The third kappa shape index (κ3) is 9.22. The van der Waals surface area contributed by atoms with E-state index in [1.165, 1.54) is 5.57 Å². The molecule has 0 spiro atoms. The number of carbonyl (C=O) groups excluding carboxylic acids is 1. The highest BCUT2D eigenvalue weighted by molar-refractivity contribution is 5.71. The van der Waals surface area contributed by atoms with E-state index in [1.807, 2.05) is 63.3 Å². The number of alkyl carbamates (subject to hydrolysis) is 1. The zero-order chi connectivity index (χ0) is 24.3. The molecular formula is C29H37NO2. The molecule has 0 aromatic heterocycles. The Balaban J connectivity index is 2.86. The molecule has 0 bridgehead atoms. The molecule has 0 radical (unpaired) electrons. The van der Waals surface area contributed by atoms with Crippen molar-refractivity contribution in [3.63, 3.8) is 0 Å². The Morgan fingerprint density at radius 1 is 0.969 bits per heavy atom. The fraction of sp³-hybridized carbons (Fsp3) is 0.276. The van der Waals surface area contributed by atoms with Crippen LogP contribution in [0.15, 0.2) is 114 Å². The summed E-state index contributed by atoms with van der Waals surface area (Å²) < 4.78 is 5.33. The van der Waals surface area contributed by atoms with Gasteiger partial charge >= 0.3 is 6.09 Å². The second-order valence-electron chi connectivity index (χ2n) is 8.27. The molecule has 0 atom stereocenters. The lowest BCUT2D eigenvalue weighted by molar-refractivity contribution is 0.142. The summed E-state index contributed by atoms with van der Waals surface area (Å²) in [4.78, 5) is 12.3. The minimum absolute atomic E-state index is 0.201. The molecule has 1 aromatic rings. The van der Waals surface area contributed by atoms with E-state index in [0.29, 0.717) is 11.6 Å². The molecule has 0 fully saturated rings. The zero-order valence-electron chi connectivity index (χ0n) is 20.4. The van der Waals surface area contributed by atoms with Crippen molar-refractivity contribution in [2.75, 3.05) is 0 Å². The predicted molar refractivity (Wildman–Crippen MR) is 137 cm³/mol. The number of carbonyl (C=O) groups is 1. The lowest BCUT2D eigenvalue weighted by Crippen LogP contribution is -2.25. The van der Waals surface area contributed by atoms with E-state index in [9.17, 15) is 4.79 Å². The van der Waals surface area contributed by atoms with Crippen LogP contribution < -0.4 is 5.32 Å². The van der Waals surface area contributed by atoms with Crippen molar-refractivity contribution in [2.24, 2.45) is 5.92 Å². The first kappa shape index (κ1) is 26.7. The van der Waals surface area contributed by atoms with Crippen molar-refractivity contribution < 1.29 is 9.53 Å². The summed E-state index contributed by atoms with van der Waals surface area (Å²) in [5, 5.41) is 2.80. The average Bonchev–Trinajstić information content (AvgIpc) is 2.77. The van der Waals surface area contributed by atoms with E-state index in [4.69, 9.17) is 4.74 Å². The smallest absolute Gasteiger partial charge is 0.411 e. The predicted octanol–water partition coefficient (Wildman–Crippen LogP) is 7.98. The number of amides is 1. The number of allylic oxidation sites excluding steroid dienone is 10. The van der Waals surface area contributed by atoms with Gasteiger partial charge in [0.2, 0.25) is 0 Å². The van der Waals surface area contributed by atoms with E-state index < -0.39 is 6.09 Å². The fourth-order valence-electron chi connectivity index (χ4n) is 2.56. The first-order valence-electron chi connectivity index (χ1n) is 10.8. The quantitative estimate of drug-likeness (QED) is 0.381. The third-order valence-electron chi connectivity index (χ3n) is 5.22. The minimum Gasteiger partial charge on any atom is -0.444 e. The standard InChI is InChI=1S/C29H37NO2/c1-20(2)22(5)15-16-23(6)24(7)17-18-25(8)26(9)28(21(3)4)30-29(31)32-19-27-13-11-10-12-14-27/h10-18,20H,3,7-8,19H2,1-2,4-6,9H3,(H,30,31)/b18-17-,22-15+,23-16+,28-26-. The SMILES string of the molecule is C=C(/C=C\C(=C)/C(C)=C/C=C(\C)C(C)C)/C(C)=C(\NC(=O)OCc1ccccc1)C(=C)C. The fourth-order valence-corrected chi connectivity index (χ4v) is 2.56. The van der Waals surface area contributed by atoms with Crippen LogP contribution in [0.25, 0.3) is 0 Å². The van der Waals surface area contributed by atoms with E-state index >= 15 is 0 Å². The first-order chi connectivity index (χ1) is 15.0. The monoisotopic (exact) mass is 431 g/mol. The molecule has 0 saturated heterocycles. The van der Waals surface area contributed by atoms with E-state index in [0.717, 1.165) is 33.4 Å². The Morgan fingerprint density at radius 2 is 1.56 bits per heavy atom. The van der Waals surface area contributed by atoms with Gasteiger partial charge in [0.15, 0.2) is 0 Å². The molecule has 0 aliphatic carbocycles. The van der Waals surface area contributed by atoms with Crippen molar-refractivity contribution in [1.29, 1.82) is 0 Å². The maximum Gasteiger partial charge on any atom is 0.411 e. The lowest BCUT2D eigenvalue weighted by Gasteiger charge is -2.15. The Hall–Kier alpha value is -3.33. The molecule has 1 amide bonds. The molecular weight excluding hydrogens is 394 g/mol. The van der Waals surface area contributed by atoms with Crippen LogP contribution in [0.1, 0.15) is 47.1 Å². The Morgan fingerprint density at radius 3 is 2.12 bits per heavy atom. The van der Waals surface area contributed by atoms with Gasteiger partial charge in [0.05, 0.1) is 0 Å². The van der Waals surface area contributed by atoms with Gasteiger partial charge in [0.25, 0.3) is 0 Å². The number of nitrogens with one attached hydrogen (secondary N) is 1. The molecule has 1 N–H and O–H groups in total. The molecule has 1 aromatic carbocycles. The van der Waals surface area contributed by atoms with Gasteiger partial charge in [0.1, 0.15) is 6.61 Å². The molecule has 0 heterocycles. The normalized spacial score (nSPS) is 13.1. The average molecular weight is 432 g/mol. The summed E-state index contributed by atoms with van der Waals surface area (Å²) in [6.07, 6.45) is 7.51. The molecule has 0 aliphatic rings.